The molecule has 1 fully saturated rings. The van der Waals surface area contributed by atoms with Crippen LogP contribution in [0.4, 0.5) is 5.69 Å². The van der Waals surface area contributed by atoms with Crippen LogP contribution in [0.15, 0.2) is 59.9 Å². The van der Waals surface area contributed by atoms with E-state index in [0.29, 0.717) is 11.1 Å². The smallest absolute Gasteiger partial charge is 0.267 e. The van der Waals surface area contributed by atoms with Crippen molar-refractivity contribution in [2.75, 3.05) is 5.32 Å². The molecule has 3 aromatic heterocycles. The largest absolute Gasteiger partial charge is 0.381 e. The molecule has 138 valence electrons. The Bertz CT molecular complexity index is 967. The van der Waals surface area contributed by atoms with Crippen LogP contribution in [0.1, 0.15) is 31.7 Å². The van der Waals surface area contributed by atoms with Gasteiger partial charge in [0.25, 0.3) is 5.56 Å². The van der Waals surface area contributed by atoms with Gasteiger partial charge in [-0.15, -0.1) is 0 Å². The van der Waals surface area contributed by atoms with Gasteiger partial charge in [-0.2, -0.15) is 5.10 Å². The van der Waals surface area contributed by atoms with Gasteiger partial charge >= 0.3 is 0 Å². The third-order valence-electron chi connectivity index (χ3n) is 4.96. The highest BCUT2D eigenvalue weighted by Crippen LogP contribution is 2.30. The zero-order chi connectivity index (χ0) is 18.6. The summed E-state index contributed by atoms with van der Waals surface area (Å²) < 4.78 is 1.64. The standard InChI is InChI=1S/C20H20ClN5O/c21-17-13-23-11-9-19(17)24-15-3-5-16(6-4-15)26-20(27)8-7-18(25-26)14-2-1-10-22-12-14/h1-2,7-13,15-16H,3-6H2,(H,23,24). The lowest BCUT2D eigenvalue weighted by atomic mass is 9.91. The van der Waals surface area contributed by atoms with Crippen LogP contribution >= 0.6 is 11.6 Å². The Kier molecular flexibility index (Phi) is 5.16. The van der Waals surface area contributed by atoms with Crippen molar-refractivity contribution < 1.29 is 0 Å². The van der Waals surface area contributed by atoms with Crippen LogP contribution in [0.2, 0.25) is 5.02 Å². The number of rotatable bonds is 4. The predicted molar refractivity (Wildman–Crippen MR) is 106 cm³/mol. The number of hydrogen-bond donors (Lipinski definition) is 1. The van der Waals surface area contributed by atoms with Crippen molar-refractivity contribution in [3.8, 4) is 11.3 Å². The highest BCUT2D eigenvalue weighted by molar-refractivity contribution is 6.33. The van der Waals surface area contributed by atoms with E-state index in [1.165, 1.54) is 0 Å². The zero-order valence-electron chi connectivity index (χ0n) is 14.8. The minimum atomic E-state index is -0.0590. The Balaban J connectivity index is 1.47. The Morgan fingerprint density at radius 2 is 1.81 bits per heavy atom. The minimum Gasteiger partial charge on any atom is -0.381 e. The molecule has 1 saturated carbocycles. The molecule has 0 atom stereocenters. The second-order valence-corrected chi connectivity index (χ2v) is 7.16. The van der Waals surface area contributed by atoms with E-state index in [-0.39, 0.29) is 11.6 Å². The highest BCUT2D eigenvalue weighted by Gasteiger charge is 2.24. The Morgan fingerprint density at radius 1 is 1.00 bits per heavy atom. The van der Waals surface area contributed by atoms with Gasteiger partial charge in [-0.05, 0) is 49.9 Å². The van der Waals surface area contributed by atoms with Crippen LogP contribution in [0.25, 0.3) is 11.3 Å². The summed E-state index contributed by atoms with van der Waals surface area (Å²) >= 11 is 6.18. The molecule has 0 unspecified atom stereocenters. The van der Waals surface area contributed by atoms with E-state index in [2.05, 4.69) is 20.4 Å². The van der Waals surface area contributed by atoms with Gasteiger partial charge in [-0.3, -0.25) is 14.8 Å². The number of halogens is 1. The highest BCUT2D eigenvalue weighted by atomic mass is 35.5. The van der Waals surface area contributed by atoms with Crippen molar-refractivity contribution >= 4 is 17.3 Å². The van der Waals surface area contributed by atoms with Crippen molar-refractivity contribution in [3.63, 3.8) is 0 Å². The van der Waals surface area contributed by atoms with Gasteiger partial charge in [0.05, 0.1) is 22.4 Å². The average Bonchev–Trinajstić information content (AvgIpc) is 2.71. The van der Waals surface area contributed by atoms with E-state index in [1.54, 1.807) is 41.6 Å². The molecule has 1 aliphatic carbocycles. The van der Waals surface area contributed by atoms with Crippen molar-refractivity contribution in [3.05, 3.63) is 70.5 Å². The molecule has 0 amide bonds. The van der Waals surface area contributed by atoms with Crippen LogP contribution in [-0.4, -0.2) is 25.8 Å². The number of nitrogens with one attached hydrogen (secondary N) is 1. The summed E-state index contributed by atoms with van der Waals surface area (Å²) in [5, 5.41) is 8.72. The first-order valence-electron chi connectivity index (χ1n) is 9.07. The molecule has 27 heavy (non-hydrogen) atoms. The fourth-order valence-corrected chi connectivity index (χ4v) is 3.71. The molecule has 1 N–H and O–H groups in total. The molecule has 0 aliphatic heterocycles. The molecule has 4 rings (SSSR count). The molecule has 0 radical (unpaired) electrons. The lowest BCUT2D eigenvalue weighted by Crippen LogP contribution is -2.33. The zero-order valence-corrected chi connectivity index (χ0v) is 15.5. The van der Waals surface area contributed by atoms with E-state index in [0.717, 1.165) is 42.6 Å². The fourth-order valence-electron chi connectivity index (χ4n) is 3.53. The molecule has 0 aromatic carbocycles. The quantitative estimate of drug-likeness (QED) is 0.740. The van der Waals surface area contributed by atoms with Gasteiger partial charge in [0, 0.05) is 42.5 Å². The maximum atomic E-state index is 12.4. The number of hydrogen-bond acceptors (Lipinski definition) is 5. The van der Waals surface area contributed by atoms with E-state index in [1.807, 2.05) is 18.2 Å². The maximum absolute atomic E-state index is 12.4. The Labute approximate surface area is 162 Å². The lowest BCUT2D eigenvalue weighted by Gasteiger charge is -2.30. The van der Waals surface area contributed by atoms with Gasteiger partial charge < -0.3 is 5.32 Å². The normalized spacial score (nSPS) is 19.6. The molecular weight excluding hydrogens is 362 g/mol. The van der Waals surface area contributed by atoms with Gasteiger partial charge in [-0.1, -0.05) is 11.6 Å². The molecule has 3 heterocycles. The SMILES string of the molecule is O=c1ccc(-c2cccnc2)nn1C1CCC(Nc2ccncc2Cl)CC1. The molecular formula is C20H20ClN5O. The molecule has 7 heteroatoms. The molecule has 0 bridgehead atoms. The van der Waals surface area contributed by atoms with Crippen LogP contribution in [0.5, 0.6) is 0 Å². The van der Waals surface area contributed by atoms with Gasteiger partial charge in [0.2, 0.25) is 0 Å². The van der Waals surface area contributed by atoms with E-state index in [9.17, 15) is 4.79 Å². The third-order valence-corrected chi connectivity index (χ3v) is 5.26. The minimum absolute atomic E-state index is 0.0590. The van der Waals surface area contributed by atoms with E-state index < -0.39 is 0 Å². The first-order valence-corrected chi connectivity index (χ1v) is 9.45. The monoisotopic (exact) mass is 381 g/mol. The molecule has 1 aliphatic rings. The fraction of sp³-hybridized carbons (Fsp3) is 0.300. The summed E-state index contributed by atoms with van der Waals surface area (Å²) in [4.78, 5) is 20.5. The van der Waals surface area contributed by atoms with E-state index in [4.69, 9.17) is 11.6 Å². The molecule has 6 nitrogen and oxygen atoms in total. The number of pyridine rings is 2. The predicted octanol–water partition coefficient (Wildman–Crippen LogP) is 3.95. The Hall–Kier alpha value is -2.73. The maximum Gasteiger partial charge on any atom is 0.267 e. The van der Waals surface area contributed by atoms with Crippen molar-refractivity contribution in [2.24, 2.45) is 0 Å². The van der Waals surface area contributed by atoms with Crippen LogP contribution in [-0.2, 0) is 0 Å². The molecule has 3 aromatic rings. The lowest BCUT2D eigenvalue weighted by molar-refractivity contribution is 0.304. The summed E-state index contributed by atoms with van der Waals surface area (Å²) in [5.74, 6) is 0. The van der Waals surface area contributed by atoms with Crippen molar-refractivity contribution in [1.82, 2.24) is 19.7 Å². The van der Waals surface area contributed by atoms with Gasteiger partial charge in [0.1, 0.15) is 0 Å². The number of aromatic nitrogens is 4. The molecule has 0 saturated heterocycles. The first kappa shape index (κ1) is 17.7. The summed E-state index contributed by atoms with van der Waals surface area (Å²) in [7, 11) is 0. The first-order chi connectivity index (χ1) is 13.2. The number of anilines is 1. The second kappa shape index (κ2) is 7.88. The van der Waals surface area contributed by atoms with Gasteiger partial charge in [0.15, 0.2) is 0 Å². The van der Waals surface area contributed by atoms with Crippen molar-refractivity contribution in [1.29, 1.82) is 0 Å². The summed E-state index contributed by atoms with van der Waals surface area (Å²) in [6, 6.07) is 9.50. The summed E-state index contributed by atoms with van der Waals surface area (Å²) in [5.41, 5.74) is 2.53. The van der Waals surface area contributed by atoms with E-state index >= 15 is 0 Å². The summed E-state index contributed by atoms with van der Waals surface area (Å²) in [6.45, 7) is 0. The van der Waals surface area contributed by atoms with Crippen LogP contribution in [0.3, 0.4) is 0 Å². The number of nitrogens with zero attached hydrogens (tertiary/aromatic N) is 4. The van der Waals surface area contributed by atoms with Gasteiger partial charge in [-0.25, -0.2) is 4.68 Å². The topological polar surface area (TPSA) is 72.7 Å². The van der Waals surface area contributed by atoms with Crippen molar-refractivity contribution in [2.45, 2.75) is 37.8 Å². The second-order valence-electron chi connectivity index (χ2n) is 6.75. The summed E-state index contributed by atoms with van der Waals surface area (Å²) in [6.07, 6.45) is 10.5. The molecule has 0 spiro atoms. The Morgan fingerprint density at radius 3 is 2.56 bits per heavy atom. The van der Waals surface area contributed by atoms with Crippen LogP contribution in [0, 0.1) is 0 Å². The average molecular weight is 382 g/mol. The van der Waals surface area contributed by atoms with Crippen LogP contribution < -0.4 is 10.9 Å². The third kappa shape index (κ3) is 4.01.